The Morgan fingerprint density at radius 1 is 1.00 bits per heavy atom. The summed E-state index contributed by atoms with van der Waals surface area (Å²) in [5.74, 6) is -0.684. The molecule has 0 amide bonds. The highest BCUT2D eigenvalue weighted by molar-refractivity contribution is 5.72. The van der Waals surface area contributed by atoms with Crippen LogP contribution in [-0.4, -0.2) is 59.1 Å². The fourth-order valence-electron chi connectivity index (χ4n) is 3.74. The second-order valence-corrected chi connectivity index (χ2v) is 5.77. The van der Waals surface area contributed by atoms with Crippen molar-refractivity contribution in [3.63, 3.8) is 0 Å². The van der Waals surface area contributed by atoms with E-state index in [4.69, 9.17) is 5.11 Å². The molecule has 0 aromatic carbocycles. The van der Waals surface area contributed by atoms with Gasteiger partial charge < -0.3 is 5.11 Å². The van der Waals surface area contributed by atoms with Crippen molar-refractivity contribution in [2.75, 3.05) is 26.2 Å². The zero-order valence-electron chi connectivity index (χ0n) is 10.3. The largest absolute Gasteiger partial charge is 0.481 e. The molecule has 3 aliphatic rings. The van der Waals surface area contributed by atoms with E-state index in [1.807, 2.05) is 0 Å². The van der Waals surface area contributed by atoms with Crippen molar-refractivity contribution in [3.05, 3.63) is 0 Å². The molecular formula is C13H22N2O2. The smallest absolute Gasteiger partial charge is 0.308 e. The van der Waals surface area contributed by atoms with Gasteiger partial charge in [0, 0.05) is 18.6 Å². The van der Waals surface area contributed by atoms with Gasteiger partial charge in [0.2, 0.25) is 0 Å². The molecule has 3 fully saturated rings. The first kappa shape index (κ1) is 11.5. The number of carbonyl (C=O) groups is 1. The second kappa shape index (κ2) is 4.58. The predicted octanol–water partition coefficient (Wildman–Crippen LogP) is 1.02. The summed E-state index contributed by atoms with van der Waals surface area (Å²) in [5, 5.41) is 9.15. The first-order chi connectivity index (χ1) is 8.25. The number of carboxylic acid groups (broad SMARTS) is 1. The monoisotopic (exact) mass is 238 g/mol. The number of rotatable bonds is 2. The molecule has 4 nitrogen and oxygen atoms in total. The van der Waals surface area contributed by atoms with Crippen LogP contribution in [0.4, 0.5) is 0 Å². The quantitative estimate of drug-likeness (QED) is 0.780. The van der Waals surface area contributed by atoms with Gasteiger partial charge in [0.25, 0.3) is 0 Å². The van der Waals surface area contributed by atoms with E-state index < -0.39 is 5.97 Å². The lowest BCUT2D eigenvalue weighted by Gasteiger charge is -2.42. The molecule has 1 saturated carbocycles. The minimum absolute atomic E-state index is 0.0945. The summed E-state index contributed by atoms with van der Waals surface area (Å²) in [4.78, 5) is 16.2. The van der Waals surface area contributed by atoms with Crippen LogP contribution in [0.3, 0.4) is 0 Å². The number of aliphatic carboxylic acids is 1. The van der Waals surface area contributed by atoms with Crippen LogP contribution in [0.2, 0.25) is 0 Å². The van der Waals surface area contributed by atoms with Crippen LogP contribution >= 0.6 is 0 Å². The second-order valence-electron chi connectivity index (χ2n) is 5.77. The van der Waals surface area contributed by atoms with E-state index in [0.29, 0.717) is 12.1 Å². The maximum absolute atomic E-state index is 11.1. The van der Waals surface area contributed by atoms with Gasteiger partial charge in [0.15, 0.2) is 0 Å². The third-order valence-electron chi connectivity index (χ3n) is 4.86. The van der Waals surface area contributed by atoms with Gasteiger partial charge in [-0.05, 0) is 51.7 Å². The average Bonchev–Trinajstić information content (AvgIpc) is 2.55. The Labute approximate surface area is 103 Å². The van der Waals surface area contributed by atoms with Crippen LogP contribution in [-0.2, 0) is 4.79 Å². The minimum atomic E-state index is -0.589. The minimum Gasteiger partial charge on any atom is -0.481 e. The number of nitrogens with zero attached hydrogens (tertiary/aromatic N) is 2. The fraction of sp³-hybridized carbons (Fsp3) is 0.923. The van der Waals surface area contributed by atoms with Crippen molar-refractivity contribution in [1.82, 2.24) is 9.80 Å². The standard InChI is InChI=1S/C13H22N2O2/c16-13(17)11-4-5-12(11)15-8-2-7-14-6-1-3-10(14)9-15/h10-12H,1-9H2,(H,16,17). The number of fused-ring (bicyclic) bond motifs is 1. The molecule has 3 unspecified atom stereocenters. The molecule has 0 aromatic heterocycles. The van der Waals surface area contributed by atoms with Crippen LogP contribution in [0.25, 0.3) is 0 Å². The van der Waals surface area contributed by atoms with Crippen molar-refractivity contribution in [1.29, 1.82) is 0 Å². The van der Waals surface area contributed by atoms with Crippen molar-refractivity contribution in [2.24, 2.45) is 5.92 Å². The zero-order valence-corrected chi connectivity index (χ0v) is 10.3. The number of hydrogen-bond donors (Lipinski definition) is 1. The molecule has 0 radical (unpaired) electrons. The van der Waals surface area contributed by atoms with Gasteiger partial charge in [-0.2, -0.15) is 0 Å². The van der Waals surface area contributed by atoms with Gasteiger partial charge in [-0.1, -0.05) is 0 Å². The van der Waals surface area contributed by atoms with E-state index >= 15 is 0 Å². The topological polar surface area (TPSA) is 43.8 Å². The molecule has 3 rings (SSSR count). The molecule has 0 bridgehead atoms. The average molecular weight is 238 g/mol. The summed E-state index contributed by atoms with van der Waals surface area (Å²) in [6.07, 6.45) is 5.81. The molecular weight excluding hydrogens is 216 g/mol. The number of hydrogen-bond acceptors (Lipinski definition) is 3. The molecule has 3 atom stereocenters. The van der Waals surface area contributed by atoms with E-state index in [0.717, 1.165) is 25.9 Å². The van der Waals surface area contributed by atoms with Crippen molar-refractivity contribution < 1.29 is 9.90 Å². The summed E-state index contributed by atoms with van der Waals surface area (Å²) < 4.78 is 0. The molecule has 2 saturated heterocycles. The number of carboxylic acids is 1. The van der Waals surface area contributed by atoms with E-state index in [2.05, 4.69) is 9.80 Å². The van der Waals surface area contributed by atoms with E-state index in [1.54, 1.807) is 0 Å². The van der Waals surface area contributed by atoms with Crippen LogP contribution in [0.5, 0.6) is 0 Å². The Balaban J connectivity index is 1.65. The van der Waals surface area contributed by atoms with Gasteiger partial charge in [-0.3, -0.25) is 14.6 Å². The maximum atomic E-state index is 11.1. The third kappa shape index (κ3) is 2.08. The Morgan fingerprint density at radius 2 is 1.76 bits per heavy atom. The van der Waals surface area contributed by atoms with Gasteiger partial charge in [-0.15, -0.1) is 0 Å². The molecule has 2 heterocycles. The zero-order chi connectivity index (χ0) is 11.8. The first-order valence-electron chi connectivity index (χ1n) is 6.96. The highest BCUT2D eigenvalue weighted by Crippen LogP contribution is 2.34. The summed E-state index contributed by atoms with van der Waals surface area (Å²) in [6, 6.07) is 1.03. The van der Waals surface area contributed by atoms with Gasteiger partial charge in [0.05, 0.1) is 5.92 Å². The normalized spacial score (nSPS) is 39.4. The molecule has 1 N–H and O–H groups in total. The Kier molecular flexibility index (Phi) is 3.09. The van der Waals surface area contributed by atoms with Crippen LogP contribution in [0, 0.1) is 5.92 Å². The summed E-state index contributed by atoms with van der Waals surface area (Å²) in [7, 11) is 0. The summed E-state index contributed by atoms with van der Waals surface area (Å²) in [5.41, 5.74) is 0. The van der Waals surface area contributed by atoms with Crippen LogP contribution in [0.15, 0.2) is 0 Å². The Bertz CT molecular complexity index is 308. The van der Waals surface area contributed by atoms with Crippen molar-refractivity contribution >= 4 is 5.97 Å². The lowest BCUT2D eigenvalue weighted by molar-refractivity contribution is -0.149. The Morgan fingerprint density at radius 3 is 2.47 bits per heavy atom. The summed E-state index contributed by atoms with van der Waals surface area (Å²) >= 11 is 0. The fourth-order valence-corrected chi connectivity index (χ4v) is 3.74. The van der Waals surface area contributed by atoms with E-state index in [9.17, 15) is 4.79 Å². The first-order valence-corrected chi connectivity index (χ1v) is 6.96. The molecule has 96 valence electrons. The molecule has 2 aliphatic heterocycles. The third-order valence-corrected chi connectivity index (χ3v) is 4.86. The van der Waals surface area contributed by atoms with Gasteiger partial charge in [0.1, 0.15) is 0 Å². The molecule has 0 spiro atoms. The van der Waals surface area contributed by atoms with Crippen LogP contribution < -0.4 is 0 Å². The molecule has 17 heavy (non-hydrogen) atoms. The molecule has 4 heteroatoms. The highest BCUT2D eigenvalue weighted by Gasteiger charge is 2.42. The summed E-state index contributed by atoms with van der Waals surface area (Å²) in [6.45, 7) is 4.67. The van der Waals surface area contributed by atoms with Gasteiger partial charge >= 0.3 is 5.97 Å². The van der Waals surface area contributed by atoms with Crippen LogP contribution in [0.1, 0.15) is 32.1 Å². The molecule has 0 aromatic rings. The van der Waals surface area contributed by atoms with E-state index in [-0.39, 0.29) is 5.92 Å². The van der Waals surface area contributed by atoms with E-state index in [1.165, 1.54) is 32.4 Å². The lowest BCUT2D eigenvalue weighted by Crippen LogP contribution is -2.52. The predicted molar refractivity (Wildman–Crippen MR) is 64.9 cm³/mol. The Hall–Kier alpha value is -0.610. The van der Waals surface area contributed by atoms with Crippen molar-refractivity contribution in [2.45, 2.75) is 44.2 Å². The SMILES string of the molecule is O=C(O)C1CCC1N1CCCN2CCCC2C1. The highest BCUT2D eigenvalue weighted by atomic mass is 16.4. The lowest BCUT2D eigenvalue weighted by atomic mass is 9.78. The maximum Gasteiger partial charge on any atom is 0.308 e. The molecule has 1 aliphatic carbocycles. The van der Waals surface area contributed by atoms with Crippen molar-refractivity contribution in [3.8, 4) is 0 Å². The van der Waals surface area contributed by atoms with Gasteiger partial charge in [-0.25, -0.2) is 0 Å².